The lowest BCUT2D eigenvalue weighted by molar-refractivity contribution is -0.123. The molecule has 0 saturated carbocycles. The maximum absolute atomic E-state index is 12.0. The van der Waals surface area contributed by atoms with Crippen molar-refractivity contribution in [1.82, 2.24) is 5.43 Å². The van der Waals surface area contributed by atoms with E-state index in [0.29, 0.717) is 28.6 Å². The van der Waals surface area contributed by atoms with E-state index in [2.05, 4.69) is 10.5 Å². The van der Waals surface area contributed by atoms with Gasteiger partial charge in [0.1, 0.15) is 5.75 Å². The molecule has 29 heavy (non-hydrogen) atoms. The second kappa shape index (κ2) is 9.45. The smallest absolute Gasteiger partial charge is 0.277 e. The highest BCUT2D eigenvalue weighted by atomic mass is 16.5. The van der Waals surface area contributed by atoms with Crippen LogP contribution in [0.2, 0.25) is 0 Å². The van der Waals surface area contributed by atoms with Gasteiger partial charge >= 0.3 is 0 Å². The summed E-state index contributed by atoms with van der Waals surface area (Å²) >= 11 is 0. The van der Waals surface area contributed by atoms with Crippen LogP contribution in [0.25, 0.3) is 10.8 Å². The Labute approximate surface area is 168 Å². The molecule has 0 saturated heterocycles. The molecule has 0 spiro atoms. The molecule has 0 unspecified atom stereocenters. The van der Waals surface area contributed by atoms with Gasteiger partial charge in [-0.25, -0.2) is 5.43 Å². The number of carbonyl (C=O) groups is 1. The van der Waals surface area contributed by atoms with Gasteiger partial charge in [-0.2, -0.15) is 5.10 Å². The molecule has 7 nitrogen and oxygen atoms in total. The van der Waals surface area contributed by atoms with Crippen LogP contribution in [0.1, 0.15) is 5.56 Å². The van der Waals surface area contributed by atoms with Gasteiger partial charge in [-0.05, 0) is 35.0 Å². The van der Waals surface area contributed by atoms with Crippen LogP contribution in [0.3, 0.4) is 0 Å². The fourth-order valence-electron chi connectivity index (χ4n) is 2.84. The molecule has 3 aromatic rings. The Morgan fingerprint density at radius 1 is 0.931 bits per heavy atom. The summed E-state index contributed by atoms with van der Waals surface area (Å²) in [6.45, 7) is -0.154. The number of methoxy groups -OCH3 is 3. The molecule has 1 N–H and O–H groups in total. The number of hydrogen-bond acceptors (Lipinski definition) is 6. The number of carbonyl (C=O) groups excluding carboxylic acids is 1. The second-order valence-corrected chi connectivity index (χ2v) is 6.01. The van der Waals surface area contributed by atoms with Gasteiger partial charge in [-0.15, -0.1) is 0 Å². The van der Waals surface area contributed by atoms with E-state index < -0.39 is 0 Å². The SMILES string of the molecule is COc1ccc(/C=N/NC(=O)COc2ccc3ccccc3c2)c(OC)c1OC. The van der Waals surface area contributed by atoms with Crippen molar-refractivity contribution in [3.8, 4) is 23.0 Å². The number of benzene rings is 3. The minimum absolute atomic E-state index is 0.154. The van der Waals surface area contributed by atoms with Crippen LogP contribution >= 0.6 is 0 Å². The molecular formula is C22H22N2O5. The summed E-state index contributed by atoms with van der Waals surface area (Å²) in [6, 6.07) is 17.1. The number of rotatable bonds is 8. The third-order valence-electron chi connectivity index (χ3n) is 4.22. The molecule has 0 atom stereocenters. The molecule has 3 aromatic carbocycles. The average Bonchev–Trinajstić information content (AvgIpc) is 2.76. The summed E-state index contributed by atoms with van der Waals surface area (Å²) in [6.07, 6.45) is 1.47. The van der Waals surface area contributed by atoms with Gasteiger partial charge in [0.25, 0.3) is 5.91 Å². The van der Waals surface area contributed by atoms with Crippen molar-refractivity contribution in [3.63, 3.8) is 0 Å². The molecule has 0 bridgehead atoms. The summed E-state index contributed by atoms with van der Waals surface area (Å²) < 4.78 is 21.5. The third kappa shape index (κ3) is 4.76. The van der Waals surface area contributed by atoms with Crippen molar-refractivity contribution in [2.75, 3.05) is 27.9 Å². The Kier molecular flexibility index (Phi) is 6.52. The molecule has 0 aromatic heterocycles. The number of fused-ring (bicyclic) bond motifs is 1. The van der Waals surface area contributed by atoms with E-state index in [1.54, 1.807) is 19.2 Å². The van der Waals surface area contributed by atoms with Gasteiger partial charge in [-0.3, -0.25) is 4.79 Å². The van der Waals surface area contributed by atoms with E-state index in [-0.39, 0.29) is 12.5 Å². The molecule has 1 amide bonds. The number of nitrogens with one attached hydrogen (secondary N) is 1. The summed E-state index contributed by atoms with van der Waals surface area (Å²) in [5.74, 6) is 1.68. The average molecular weight is 394 g/mol. The maximum Gasteiger partial charge on any atom is 0.277 e. The predicted molar refractivity (Wildman–Crippen MR) is 111 cm³/mol. The molecule has 0 heterocycles. The van der Waals surface area contributed by atoms with Crippen molar-refractivity contribution in [1.29, 1.82) is 0 Å². The number of nitrogens with zero attached hydrogens (tertiary/aromatic N) is 1. The van der Waals surface area contributed by atoms with Crippen molar-refractivity contribution in [2.45, 2.75) is 0 Å². The van der Waals surface area contributed by atoms with Crippen molar-refractivity contribution >= 4 is 22.9 Å². The van der Waals surface area contributed by atoms with E-state index in [0.717, 1.165) is 10.8 Å². The maximum atomic E-state index is 12.0. The van der Waals surface area contributed by atoms with Crippen LogP contribution in [-0.4, -0.2) is 40.1 Å². The topological polar surface area (TPSA) is 78.4 Å². The number of ether oxygens (including phenoxy) is 4. The molecule has 3 rings (SSSR count). The molecule has 0 fully saturated rings. The van der Waals surface area contributed by atoms with Gasteiger partial charge in [0.15, 0.2) is 18.1 Å². The molecule has 0 aliphatic heterocycles. The fourth-order valence-corrected chi connectivity index (χ4v) is 2.84. The normalized spacial score (nSPS) is 10.7. The van der Waals surface area contributed by atoms with Gasteiger partial charge in [0, 0.05) is 5.56 Å². The second-order valence-electron chi connectivity index (χ2n) is 6.01. The predicted octanol–water partition coefficient (Wildman–Crippen LogP) is 3.39. The van der Waals surface area contributed by atoms with Crippen LogP contribution in [-0.2, 0) is 4.79 Å². The zero-order valence-electron chi connectivity index (χ0n) is 16.5. The third-order valence-corrected chi connectivity index (χ3v) is 4.22. The first-order valence-corrected chi connectivity index (χ1v) is 8.88. The highest BCUT2D eigenvalue weighted by Gasteiger charge is 2.14. The number of hydrazone groups is 1. The lowest BCUT2D eigenvalue weighted by Gasteiger charge is -2.13. The van der Waals surface area contributed by atoms with Crippen molar-refractivity contribution in [3.05, 3.63) is 60.2 Å². The summed E-state index contributed by atoms with van der Waals surface area (Å²) in [4.78, 5) is 12.0. The molecule has 7 heteroatoms. The highest BCUT2D eigenvalue weighted by Crippen LogP contribution is 2.38. The Bertz CT molecular complexity index is 1030. The minimum Gasteiger partial charge on any atom is -0.493 e. The molecule has 0 radical (unpaired) electrons. The van der Waals surface area contributed by atoms with E-state index in [1.807, 2.05) is 42.5 Å². The number of hydrogen-bond donors (Lipinski definition) is 1. The minimum atomic E-state index is -0.381. The first kappa shape index (κ1) is 20.0. The highest BCUT2D eigenvalue weighted by molar-refractivity contribution is 5.88. The Morgan fingerprint density at radius 2 is 1.69 bits per heavy atom. The molecule has 0 aliphatic carbocycles. The Morgan fingerprint density at radius 3 is 2.41 bits per heavy atom. The molecular weight excluding hydrogens is 372 g/mol. The van der Waals surface area contributed by atoms with Crippen LogP contribution in [0.4, 0.5) is 0 Å². The first-order chi connectivity index (χ1) is 14.2. The lowest BCUT2D eigenvalue weighted by atomic mass is 10.1. The summed E-state index contributed by atoms with van der Waals surface area (Å²) in [7, 11) is 4.58. The van der Waals surface area contributed by atoms with E-state index in [1.165, 1.54) is 20.4 Å². The molecule has 150 valence electrons. The van der Waals surface area contributed by atoms with Crippen LogP contribution < -0.4 is 24.4 Å². The first-order valence-electron chi connectivity index (χ1n) is 8.88. The van der Waals surface area contributed by atoms with Crippen LogP contribution in [0.15, 0.2) is 59.7 Å². The standard InChI is InChI=1S/C22H22N2O5/c1-26-19-11-9-17(21(27-2)22(19)28-3)13-23-24-20(25)14-29-18-10-8-15-6-4-5-7-16(15)12-18/h4-13H,14H2,1-3H3,(H,24,25)/b23-13+. The van der Waals surface area contributed by atoms with Gasteiger partial charge in [0.05, 0.1) is 27.5 Å². The Balaban J connectivity index is 1.60. The van der Waals surface area contributed by atoms with E-state index in [9.17, 15) is 4.79 Å². The quantitative estimate of drug-likeness (QED) is 0.468. The Hall–Kier alpha value is -3.74. The van der Waals surface area contributed by atoms with E-state index >= 15 is 0 Å². The van der Waals surface area contributed by atoms with Gasteiger partial charge in [-0.1, -0.05) is 30.3 Å². The largest absolute Gasteiger partial charge is 0.493 e. The fraction of sp³-hybridized carbons (Fsp3) is 0.182. The summed E-state index contributed by atoms with van der Waals surface area (Å²) in [5, 5.41) is 6.12. The van der Waals surface area contributed by atoms with Crippen molar-refractivity contribution in [2.24, 2.45) is 5.10 Å². The van der Waals surface area contributed by atoms with Gasteiger partial charge < -0.3 is 18.9 Å². The van der Waals surface area contributed by atoms with Gasteiger partial charge in [0.2, 0.25) is 5.75 Å². The van der Waals surface area contributed by atoms with E-state index in [4.69, 9.17) is 18.9 Å². The van der Waals surface area contributed by atoms with Crippen LogP contribution in [0.5, 0.6) is 23.0 Å². The molecule has 0 aliphatic rings. The zero-order valence-corrected chi connectivity index (χ0v) is 16.5. The monoisotopic (exact) mass is 394 g/mol. The summed E-state index contributed by atoms with van der Waals surface area (Å²) in [5.41, 5.74) is 3.06. The van der Waals surface area contributed by atoms with Crippen LogP contribution in [0, 0.1) is 0 Å². The zero-order chi connectivity index (χ0) is 20.6. The number of amides is 1. The van der Waals surface area contributed by atoms with Crippen molar-refractivity contribution < 1.29 is 23.7 Å². The lowest BCUT2D eigenvalue weighted by Crippen LogP contribution is -2.24.